The number of alkyl carbamates (subject to hydrolysis) is 1. The van der Waals surface area contributed by atoms with Crippen molar-refractivity contribution in [2.24, 2.45) is 0 Å². The number of hydrogen-bond donors (Lipinski definition) is 2. The number of nitrogens with one attached hydrogen (secondary N) is 2. The Labute approximate surface area is 309 Å². The summed E-state index contributed by atoms with van der Waals surface area (Å²) in [5, 5.41) is 15.5. The molecule has 0 aliphatic heterocycles. The van der Waals surface area contributed by atoms with Gasteiger partial charge in [-0.15, -0.1) is 0 Å². The third kappa shape index (κ3) is 10.1. The summed E-state index contributed by atoms with van der Waals surface area (Å²) in [4.78, 5) is 35.9. The number of benzene rings is 4. The molecule has 2 amide bonds. The van der Waals surface area contributed by atoms with E-state index in [0.29, 0.717) is 18.5 Å². The Kier molecular flexibility index (Phi) is 12.4. The average Bonchev–Trinajstić information content (AvgIpc) is 2.99. The summed E-state index contributed by atoms with van der Waals surface area (Å²) in [6.07, 6.45) is -1.07. The molecule has 0 bridgehead atoms. The van der Waals surface area contributed by atoms with Crippen LogP contribution in [0.1, 0.15) is 26.3 Å². The summed E-state index contributed by atoms with van der Waals surface area (Å²) in [7, 11) is -4.60. The molecule has 0 fully saturated rings. The van der Waals surface area contributed by atoms with Crippen molar-refractivity contribution in [3.63, 3.8) is 0 Å². The lowest BCUT2D eigenvalue weighted by Crippen LogP contribution is -2.50. The van der Waals surface area contributed by atoms with Gasteiger partial charge in [0, 0.05) is 17.9 Å². The number of nitro groups is 1. The second-order valence-electron chi connectivity index (χ2n) is 11.3. The molecule has 1 atom stereocenters. The predicted molar refractivity (Wildman–Crippen MR) is 197 cm³/mol. The fraction of sp³-hybridized carbons (Fsp3) is 0.250. The van der Waals surface area contributed by atoms with Crippen molar-refractivity contribution in [3.05, 3.63) is 101 Å². The van der Waals surface area contributed by atoms with Gasteiger partial charge in [0.2, 0.25) is 0 Å². The molecule has 0 aliphatic rings. The van der Waals surface area contributed by atoms with Gasteiger partial charge in [-0.25, -0.2) is 17.9 Å². The summed E-state index contributed by atoms with van der Waals surface area (Å²) in [6, 6.07) is 18.6. The molecule has 0 radical (unpaired) electrons. The maximum absolute atomic E-state index is 13.4. The van der Waals surface area contributed by atoms with Crippen LogP contribution in [0, 0.1) is 17.3 Å². The van der Waals surface area contributed by atoms with E-state index >= 15 is 0 Å². The molecule has 16 heteroatoms. The topological polar surface area (TPSA) is 163 Å². The van der Waals surface area contributed by atoms with Gasteiger partial charge < -0.3 is 19.5 Å². The van der Waals surface area contributed by atoms with Crippen molar-refractivity contribution in [2.75, 3.05) is 13.2 Å². The van der Waals surface area contributed by atoms with Gasteiger partial charge in [-0.3, -0.25) is 14.9 Å². The van der Waals surface area contributed by atoms with Gasteiger partial charge >= 0.3 is 6.09 Å². The number of carbonyl (C=O) groups is 2. The molecule has 0 spiro atoms. The van der Waals surface area contributed by atoms with Gasteiger partial charge in [0.25, 0.3) is 21.6 Å². The Balaban J connectivity index is 1.49. The minimum absolute atomic E-state index is 0.127. The number of nitrogens with zero attached hydrogens (tertiary/aromatic N) is 1. The monoisotopic (exact) mass is 921 g/mol. The summed E-state index contributed by atoms with van der Waals surface area (Å²) >= 11 is 9.99. The molecule has 0 saturated carbocycles. The largest absolute Gasteiger partial charge is 0.489 e. The predicted octanol–water partition coefficient (Wildman–Crippen LogP) is 7.01. The zero-order valence-electron chi connectivity index (χ0n) is 25.8. The van der Waals surface area contributed by atoms with Crippen molar-refractivity contribution in [1.29, 1.82) is 0 Å². The molecular weight excluding hydrogens is 892 g/mol. The zero-order chi connectivity index (χ0) is 35.2. The van der Waals surface area contributed by atoms with Gasteiger partial charge in [0.15, 0.2) is 0 Å². The van der Waals surface area contributed by atoms with Crippen molar-refractivity contribution in [2.45, 2.75) is 43.7 Å². The Hall–Kier alpha value is -3.42. The summed E-state index contributed by atoms with van der Waals surface area (Å²) < 4.78 is 46.7. The summed E-state index contributed by atoms with van der Waals surface area (Å²) in [5.41, 5.74) is -0.971. The second kappa shape index (κ2) is 15.9. The van der Waals surface area contributed by atoms with E-state index in [4.69, 9.17) is 25.8 Å². The highest BCUT2D eigenvalue weighted by Gasteiger charge is 2.30. The van der Waals surface area contributed by atoms with E-state index < -0.39 is 49.2 Å². The van der Waals surface area contributed by atoms with Crippen molar-refractivity contribution >= 4 is 95.3 Å². The quantitative estimate of drug-likeness (QED) is 0.0659. The minimum atomic E-state index is -4.60. The standard InChI is InChI=1S/C32H30ClI2N3O9S/c1-32(2,3)47-31(40)36-26(30(39)37-48(43,44)21-11-12-23(33)27(18-21)38(41)42)17-19-15-24(34)29(25(35)16-19)46-14-13-45-28-10-6-8-20-7-4-5-9-22(20)28/h4-12,15-16,18,26H,13-14,17H2,1-3H3,(H,36,40)(H,37,39)/t26-/m0/s1. The number of sulfonamides is 1. The van der Waals surface area contributed by atoms with Gasteiger partial charge in [-0.2, -0.15) is 0 Å². The number of rotatable bonds is 12. The van der Waals surface area contributed by atoms with Crippen LogP contribution in [0.3, 0.4) is 0 Å². The van der Waals surface area contributed by atoms with Crippen LogP contribution >= 0.6 is 56.8 Å². The van der Waals surface area contributed by atoms with Crippen LogP contribution in [-0.4, -0.2) is 50.2 Å². The number of nitro benzene ring substituents is 1. The fourth-order valence-corrected chi connectivity index (χ4v) is 7.88. The van der Waals surface area contributed by atoms with Crippen LogP contribution in [0.25, 0.3) is 10.8 Å². The maximum Gasteiger partial charge on any atom is 0.408 e. The molecule has 0 aliphatic carbocycles. The number of amides is 2. The third-order valence-corrected chi connectivity index (χ3v) is 9.77. The van der Waals surface area contributed by atoms with Crippen LogP contribution in [0.4, 0.5) is 10.5 Å². The third-order valence-electron chi connectivity index (χ3n) is 6.50. The molecule has 4 aromatic carbocycles. The molecule has 0 unspecified atom stereocenters. The van der Waals surface area contributed by atoms with Crippen molar-refractivity contribution in [1.82, 2.24) is 10.0 Å². The zero-order valence-corrected chi connectivity index (χ0v) is 31.7. The van der Waals surface area contributed by atoms with Crippen LogP contribution in [0.15, 0.2) is 77.7 Å². The molecule has 48 heavy (non-hydrogen) atoms. The number of fused-ring (bicyclic) bond motifs is 1. The minimum Gasteiger partial charge on any atom is -0.489 e. The molecule has 0 heterocycles. The molecule has 0 saturated heterocycles. The second-order valence-corrected chi connectivity index (χ2v) is 15.7. The van der Waals surface area contributed by atoms with Crippen molar-refractivity contribution in [3.8, 4) is 11.5 Å². The molecule has 4 rings (SSSR count). The molecule has 12 nitrogen and oxygen atoms in total. The molecule has 254 valence electrons. The van der Waals surface area contributed by atoms with Crippen LogP contribution in [0.2, 0.25) is 5.02 Å². The van der Waals surface area contributed by atoms with Crippen LogP contribution in [-0.2, 0) is 26.0 Å². The normalized spacial score (nSPS) is 12.2. The number of halogens is 3. The Morgan fingerprint density at radius 2 is 1.60 bits per heavy atom. The Morgan fingerprint density at radius 3 is 2.27 bits per heavy atom. The first-order chi connectivity index (χ1) is 22.5. The fourth-order valence-electron chi connectivity index (χ4n) is 4.44. The van der Waals surface area contributed by atoms with Crippen LogP contribution in [0.5, 0.6) is 11.5 Å². The van der Waals surface area contributed by atoms with E-state index in [1.807, 2.05) is 47.2 Å². The molecular formula is C32H30ClI2N3O9S. The van der Waals surface area contributed by atoms with E-state index in [2.05, 4.69) is 50.5 Å². The summed E-state index contributed by atoms with van der Waals surface area (Å²) in [5.74, 6) is 0.249. The SMILES string of the molecule is CC(C)(C)OC(=O)N[C@@H](Cc1cc(I)c(OCCOc2cccc3ccccc23)c(I)c1)C(=O)NS(=O)(=O)c1ccc(Cl)c([N+](=O)[O-])c1. The van der Waals surface area contributed by atoms with E-state index in [0.717, 1.165) is 34.7 Å². The first kappa shape index (κ1) is 37.4. The van der Waals surface area contributed by atoms with Gasteiger partial charge in [0.1, 0.15) is 41.4 Å². The van der Waals surface area contributed by atoms with Gasteiger partial charge in [-0.1, -0.05) is 48.0 Å². The molecule has 2 N–H and O–H groups in total. The maximum atomic E-state index is 13.4. The van der Waals surface area contributed by atoms with E-state index in [1.54, 1.807) is 32.9 Å². The number of ether oxygens (including phenoxy) is 3. The van der Waals surface area contributed by atoms with E-state index in [1.165, 1.54) is 0 Å². The van der Waals surface area contributed by atoms with Crippen LogP contribution < -0.4 is 19.5 Å². The van der Waals surface area contributed by atoms with E-state index in [9.17, 15) is 28.1 Å². The average molecular weight is 922 g/mol. The first-order valence-corrected chi connectivity index (χ1v) is 18.3. The Morgan fingerprint density at radius 1 is 0.958 bits per heavy atom. The molecule has 4 aromatic rings. The number of hydrogen-bond acceptors (Lipinski definition) is 9. The van der Waals surface area contributed by atoms with Gasteiger partial charge in [-0.05, 0) is 107 Å². The highest BCUT2D eigenvalue weighted by Crippen LogP contribution is 2.31. The lowest BCUT2D eigenvalue weighted by molar-refractivity contribution is -0.384. The lowest BCUT2D eigenvalue weighted by Gasteiger charge is -2.23. The highest BCUT2D eigenvalue weighted by molar-refractivity contribution is 14.1. The Bertz CT molecular complexity index is 1940. The first-order valence-electron chi connectivity index (χ1n) is 14.3. The number of carbonyl (C=O) groups excluding carboxylic acids is 2. The lowest BCUT2D eigenvalue weighted by atomic mass is 10.1. The van der Waals surface area contributed by atoms with Gasteiger partial charge in [0.05, 0.1) is 17.0 Å². The van der Waals surface area contributed by atoms with Crippen molar-refractivity contribution < 1.29 is 37.1 Å². The van der Waals surface area contributed by atoms with E-state index in [-0.39, 0.29) is 24.7 Å². The highest BCUT2D eigenvalue weighted by atomic mass is 127. The molecule has 0 aromatic heterocycles. The summed E-state index contributed by atoms with van der Waals surface area (Å²) in [6.45, 7) is 5.44. The smallest absolute Gasteiger partial charge is 0.408 e.